The van der Waals surface area contributed by atoms with E-state index in [2.05, 4.69) is 6.92 Å². The van der Waals surface area contributed by atoms with E-state index in [4.69, 9.17) is 5.11 Å². The van der Waals surface area contributed by atoms with Crippen molar-refractivity contribution in [1.29, 1.82) is 0 Å². The highest BCUT2D eigenvalue weighted by atomic mass is 16.3. The summed E-state index contributed by atoms with van der Waals surface area (Å²) in [5.41, 5.74) is 0. The van der Waals surface area contributed by atoms with E-state index in [9.17, 15) is 4.79 Å². The Hall–Kier alpha value is -0.570. The lowest BCUT2D eigenvalue weighted by Gasteiger charge is -2.30. The Morgan fingerprint density at radius 2 is 1.82 bits per heavy atom. The zero-order valence-corrected chi connectivity index (χ0v) is 10.9. The number of carbonyl (C=O) groups excluding carboxylic acids is 1. The number of amides is 1. The van der Waals surface area contributed by atoms with E-state index in [1.165, 1.54) is 32.1 Å². The third-order valence-electron chi connectivity index (χ3n) is 4.58. The molecule has 1 unspecified atom stereocenters. The highest BCUT2D eigenvalue weighted by Crippen LogP contribution is 2.32. The second kappa shape index (κ2) is 5.85. The van der Waals surface area contributed by atoms with Gasteiger partial charge in [-0.25, -0.2) is 0 Å². The molecule has 1 atom stereocenters. The molecular weight excluding hydrogens is 214 g/mol. The number of hydrogen-bond acceptors (Lipinski definition) is 2. The van der Waals surface area contributed by atoms with Gasteiger partial charge >= 0.3 is 0 Å². The lowest BCUT2D eigenvalue weighted by molar-refractivity contribution is -0.128. The molecule has 3 nitrogen and oxygen atoms in total. The van der Waals surface area contributed by atoms with Gasteiger partial charge in [-0.3, -0.25) is 4.79 Å². The van der Waals surface area contributed by atoms with E-state index in [1.54, 1.807) is 0 Å². The quantitative estimate of drug-likeness (QED) is 0.815. The molecule has 1 saturated carbocycles. The normalized spacial score (nSPS) is 34.4. The van der Waals surface area contributed by atoms with Gasteiger partial charge in [0.1, 0.15) is 0 Å². The number of likely N-dealkylation sites (tertiary alicyclic amines) is 1. The maximum Gasteiger partial charge on any atom is 0.223 e. The van der Waals surface area contributed by atoms with Gasteiger partial charge in [0, 0.05) is 32.0 Å². The van der Waals surface area contributed by atoms with Crippen LogP contribution in [0.1, 0.15) is 45.4 Å². The lowest BCUT2D eigenvalue weighted by Crippen LogP contribution is -2.33. The minimum atomic E-state index is 0.158. The van der Waals surface area contributed by atoms with Crippen LogP contribution in [0.4, 0.5) is 0 Å². The molecule has 1 amide bonds. The molecule has 2 aliphatic rings. The monoisotopic (exact) mass is 239 g/mol. The number of nitrogens with zero attached hydrogens (tertiary/aromatic N) is 1. The first-order chi connectivity index (χ1) is 8.22. The van der Waals surface area contributed by atoms with Crippen LogP contribution in [0.3, 0.4) is 0 Å². The first kappa shape index (κ1) is 12.9. The summed E-state index contributed by atoms with van der Waals surface area (Å²) in [6.07, 6.45) is 7.11. The van der Waals surface area contributed by atoms with E-state index in [-0.39, 0.29) is 18.4 Å². The minimum absolute atomic E-state index is 0.158. The zero-order chi connectivity index (χ0) is 12.3. The zero-order valence-electron chi connectivity index (χ0n) is 10.9. The van der Waals surface area contributed by atoms with Gasteiger partial charge in [0.05, 0.1) is 0 Å². The van der Waals surface area contributed by atoms with Crippen LogP contribution in [-0.4, -0.2) is 35.6 Å². The summed E-state index contributed by atoms with van der Waals surface area (Å²) >= 11 is 0. The maximum absolute atomic E-state index is 11.8. The molecule has 98 valence electrons. The minimum Gasteiger partial charge on any atom is -0.396 e. The second-order valence-corrected chi connectivity index (χ2v) is 5.85. The first-order valence-electron chi connectivity index (χ1n) is 7.11. The fourth-order valence-electron chi connectivity index (χ4n) is 3.29. The van der Waals surface area contributed by atoms with Gasteiger partial charge in [0.15, 0.2) is 0 Å². The number of carbonyl (C=O) groups is 1. The van der Waals surface area contributed by atoms with Crippen molar-refractivity contribution < 1.29 is 9.90 Å². The second-order valence-electron chi connectivity index (χ2n) is 5.85. The van der Waals surface area contributed by atoms with Crippen LogP contribution in [-0.2, 0) is 4.79 Å². The molecule has 0 spiro atoms. The molecule has 1 N–H and O–H groups in total. The highest BCUT2D eigenvalue weighted by Gasteiger charge is 2.31. The average Bonchev–Trinajstić information content (AvgIpc) is 2.71. The van der Waals surface area contributed by atoms with Crippen molar-refractivity contribution >= 4 is 5.91 Å². The smallest absolute Gasteiger partial charge is 0.223 e. The summed E-state index contributed by atoms with van der Waals surface area (Å²) in [6, 6.07) is 0. The third-order valence-corrected chi connectivity index (χ3v) is 4.58. The van der Waals surface area contributed by atoms with Crippen LogP contribution < -0.4 is 0 Å². The molecule has 3 heteroatoms. The predicted octanol–water partition coefficient (Wildman–Crippen LogP) is 2.04. The summed E-state index contributed by atoms with van der Waals surface area (Å²) in [5, 5.41) is 9.10. The number of aliphatic hydroxyl groups is 1. The van der Waals surface area contributed by atoms with Gasteiger partial charge in [0.25, 0.3) is 0 Å². The molecular formula is C14H25NO2. The van der Waals surface area contributed by atoms with Crippen LogP contribution in [0.5, 0.6) is 0 Å². The standard InChI is InChI=1S/C14H25NO2/c1-2-11-3-5-12(6-4-11)8-15-9-13(10-16)7-14(15)17/h11-13,16H,2-10H2,1H3. The van der Waals surface area contributed by atoms with Gasteiger partial charge in [-0.2, -0.15) is 0 Å². The van der Waals surface area contributed by atoms with E-state index < -0.39 is 0 Å². The van der Waals surface area contributed by atoms with Crippen LogP contribution in [0, 0.1) is 17.8 Å². The molecule has 1 saturated heterocycles. The molecule has 0 aromatic rings. The molecule has 1 aliphatic carbocycles. The summed E-state index contributed by atoms with van der Waals surface area (Å²) in [4.78, 5) is 13.7. The van der Waals surface area contributed by atoms with Crippen LogP contribution in [0.2, 0.25) is 0 Å². The van der Waals surface area contributed by atoms with Crippen LogP contribution in [0.25, 0.3) is 0 Å². The summed E-state index contributed by atoms with van der Waals surface area (Å²) < 4.78 is 0. The summed E-state index contributed by atoms with van der Waals surface area (Å²) in [7, 11) is 0. The van der Waals surface area contributed by atoms with Gasteiger partial charge in [-0.1, -0.05) is 26.2 Å². The molecule has 17 heavy (non-hydrogen) atoms. The first-order valence-corrected chi connectivity index (χ1v) is 7.11. The Kier molecular flexibility index (Phi) is 4.43. The maximum atomic E-state index is 11.8. The Bertz CT molecular complexity index is 259. The largest absolute Gasteiger partial charge is 0.396 e. The van der Waals surface area contributed by atoms with E-state index in [0.717, 1.165) is 19.0 Å². The topological polar surface area (TPSA) is 40.5 Å². The third kappa shape index (κ3) is 3.21. The molecule has 0 bridgehead atoms. The van der Waals surface area contributed by atoms with Gasteiger partial charge < -0.3 is 10.0 Å². The average molecular weight is 239 g/mol. The number of rotatable bonds is 4. The molecule has 0 radical (unpaired) electrons. The Morgan fingerprint density at radius 1 is 1.18 bits per heavy atom. The lowest BCUT2D eigenvalue weighted by atomic mass is 9.80. The van der Waals surface area contributed by atoms with Crippen LogP contribution in [0.15, 0.2) is 0 Å². The van der Waals surface area contributed by atoms with Crippen molar-refractivity contribution in [3.8, 4) is 0 Å². The van der Waals surface area contributed by atoms with Crippen molar-refractivity contribution in [3.63, 3.8) is 0 Å². The van der Waals surface area contributed by atoms with E-state index in [1.807, 2.05) is 4.90 Å². The van der Waals surface area contributed by atoms with Crippen molar-refractivity contribution in [1.82, 2.24) is 4.90 Å². The number of hydrogen-bond donors (Lipinski definition) is 1. The molecule has 1 heterocycles. The fraction of sp³-hybridized carbons (Fsp3) is 0.929. The van der Waals surface area contributed by atoms with Gasteiger partial charge in [0.2, 0.25) is 5.91 Å². The predicted molar refractivity (Wildman–Crippen MR) is 67.5 cm³/mol. The Balaban J connectivity index is 1.76. The number of aliphatic hydroxyl groups excluding tert-OH is 1. The van der Waals surface area contributed by atoms with Crippen molar-refractivity contribution in [2.75, 3.05) is 19.7 Å². The summed E-state index contributed by atoms with van der Waals surface area (Å²) in [6.45, 7) is 4.15. The highest BCUT2D eigenvalue weighted by molar-refractivity contribution is 5.78. The van der Waals surface area contributed by atoms with Crippen LogP contribution >= 0.6 is 0 Å². The fourth-order valence-corrected chi connectivity index (χ4v) is 3.29. The van der Waals surface area contributed by atoms with Crippen molar-refractivity contribution in [3.05, 3.63) is 0 Å². The molecule has 0 aromatic carbocycles. The summed E-state index contributed by atoms with van der Waals surface area (Å²) in [5.74, 6) is 2.07. The molecule has 2 fully saturated rings. The molecule has 0 aromatic heterocycles. The molecule has 2 rings (SSSR count). The van der Waals surface area contributed by atoms with Crippen molar-refractivity contribution in [2.24, 2.45) is 17.8 Å². The van der Waals surface area contributed by atoms with E-state index in [0.29, 0.717) is 12.3 Å². The SMILES string of the molecule is CCC1CCC(CN2CC(CO)CC2=O)CC1. The van der Waals surface area contributed by atoms with Crippen molar-refractivity contribution in [2.45, 2.75) is 45.4 Å². The van der Waals surface area contributed by atoms with E-state index >= 15 is 0 Å². The van der Waals surface area contributed by atoms with Gasteiger partial charge in [-0.15, -0.1) is 0 Å². The Morgan fingerprint density at radius 3 is 2.35 bits per heavy atom. The Labute approximate surface area is 104 Å². The van der Waals surface area contributed by atoms with Gasteiger partial charge in [-0.05, 0) is 24.7 Å². The molecule has 1 aliphatic heterocycles.